The normalized spacial score (nSPS) is 14.5. The lowest BCUT2D eigenvalue weighted by Crippen LogP contribution is -2.44. The highest BCUT2D eigenvalue weighted by atomic mass is 16.2. The number of aromatic nitrogens is 2. The number of carbonyl (C=O) groups excluding carboxylic acids is 1. The summed E-state index contributed by atoms with van der Waals surface area (Å²) in [5, 5.41) is 6.96. The molecule has 16 heavy (non-hydrogen) atoms. The van der Waals surface area contributed by atoms with Crippen LogP contribution in [0, 0.1) is 5.92 Å². The summed E-state index contributed by atoms with van der Waals surface area (Å²) in [5.74, 6) is 0.0868. The molecule has 0 aliphatic carbocycles. The van der Waals surface area contributed by atoms with E-state index in [-0.39, 0.29) is 11.8 Å². The van der Waals surface area contributed by atoms with Gasteiger partial charge in [-0.25, -0.2) is 0 Å². The molecule has 0 spiro atoms. The third-order valence-electron chi connectivity index (χ3n) is 2.77. The molecule has 2 unspecified atom stereocenters. The molecule has 0 saturated heterocycles. The van der Waals surface area contributed by atoms with Crippen molar-refractivity contribution in [2.24, 2.45) is 18.7 Å². The quantitative estimate of drug-likeness (QED) is 0.761. The largest absolute Gasteiger partial charge is 0.349 e. The van der Waals surface area contributed by atoms with E-state index >= 15 is 0 Å². The molecule has 0 radical (unpaired) electrons. The number of aryl methyl sites for hydroxylation is 1. The van der Waals surface area contributed by atoms with Gasteiger partial charge >= 0.3 is 0 Å². The topological polar surface area (TPSA) is 72.9 Å². The van der Waals surface area contributed by atoms with Crippen LogP contribution in [-0.2, 0) is 18.4 Å². The Hall–Kier alpha value is -1.36. The predicted molar refractivity (Wildman–Crippen MR) is 62.5 cm³/mol. The molecular formula is C11H20N4O. The van der Waals surface area contributed by atoms with E-state index in [0.717, 1.165) is 12.1 Å². The van der Waals surface area contributed by atoms with Gasteiger partial charge in [-0.05, 0) is 12.0 Å². The highest BCUT2D eigenvalue weighted by molar-refractivity contribution is 5.81. The van der Waals surface area contributed by atoms with Crippen molar-refractivity contribution in [2.45, 2.75) is 32.9 Å². The summed E-state index contributed by atoms with van der Waals surface area (Å²) >= 11 is 0. The molecular weight excluding hydrogens is 204 g/mol. The molecule has 0 saturated carbocycles. The molecule has 1 amide bonds. The van der Waals surface area contributed by atoms with Crippen molar-refractivity contribution in [3.05, 3.63) is 18.0 Å². The molecule has 0 fully saturated rings. The second-order valence-electron chi connectivity index (χ2n) is 4.11. The minimum absolute atomic E-state index is 0.111. The van der Waals surface area contributed by atoms with E-state index in [4.69, 9.17) is 5.73 Å². The van der Waals surface area contributed by atoms with Crippen molar-refractivity contribution in [1.29, 1.82) is 0 Å². The Balaban J connectivity index is 2.40. The number of nitrogens with one attached hydrogen (secondary N) is 1. The van der Waals surface area contributed by atoms with Crippen molar-refractivity contribution >= 4 is 5.91 Å². The van der Waals surface area contributed by atoms with E-state index in [2.05, 4.69) is 10.4 Å². The standard InChI is InChI=1S/C11H20N4O/c1-4-8(2)10(12)11(16)13-7-9-5-6-15(3)14-9/h5-6,8,10H,4,7,12H2,1-3H3,(H,13,16). The Bertz CT molecular complexity index is 348. The molecule has 90 valence electrons. The second-order valence-corrected chi connectivity index (χ2v) is 4.11. The summed E-state index contributed by atoms with van der Waals surface area (Å²) in [6.07, 6.45) is 2.74. The molecule has 2 atom stereocenters. The maximum atomic E-state index is 11.7. The van der Waals surface area contributed by atoms with E-state index in [9.17, 15) is 4.79 Å². The van der Waals surface area contributed by atoms with E-state index < -0.39 is 6.04 Å². The van der Waals surface area contributed by atoms with E-state index in [1.165, 1.54) is 0 Å². The van der Waals surface area contributed by atoms with Crippen molar-refractivity contribution in [1.82, 2.24) is 15.1 Å². The Morgan fingerprint density at radius 1 is 1.69 bits per heavy atom. The average Bonchev–Trinajstić information content (AvgIpc) is 2.69. The van der Waals surface area contributed by atoms with Gasteiger partial charge in [-0.1, -0.05) is 20.3 Å². The van der Waals surface area contributed by atoms with Gasteiger partial charge < -0.3 is 11.1 Å². The first-order valence-corrected chi connectivity index (χ1v) is 5.56. The molecule has 5 nitrogen and oxygen atoms in total. The van der Waals surface area contributed by atoms with Crippen LogP contribution in [0.5, 0.6) is 0 Å². The molecule has 0 aromatic carbocycles. The Morgan fingerprint density at radius 3 is 2.88 bits per heavy atom. The van der Waals surface area contributed by atoms with Gasteiger partial charge in [0.15, 0.2) is 0 Å². The second kappa shape index (κ2) is 5.65. The summed E-state index contributed by atoms with van der Waals surface area (Å²) in [5.41, 5.74) is 6.64. The number of amides is 1. The summed E-state index contributed by atoms with van der Waals surface area (Å²) in [6.45, 7) is 4.44. The zero-order valence-corrected chi connectivity index (χ0v) is 10.1. The van der Waals surface area contributed by atoms with E-state index in [0.29, 0.717) is 6.54 Å². The number of rotatable bonds is 5. The van der Waals surface area contributed by atoms with Gasteiger partial charge in [0.2, 0.25) is 5.91 Å². The first-order chi connectivity index (χ1) is 7.54. The predicted octanol–water partition coefficient (Wildman–Crippen LogP) is 0.410. The van der Waals surface area contributed by atoms with Crippen LogP contribution in [0.2, 0.25) is 0 Å². The van der Waals surface area contributed by atoms with Crippen LogP contribution in [0.1, 0.15) is 26.0 Å². The summed E-state index contributed by atoms with van der Waals surface area (Å²) in [6, 6.07) is 1.43. The van der Waals surface area contributed by atoms with Crippen molar-refractivity contribution in [3.8, 4) is 0 Å². The maximum Gasteiger partial charge on any atom is 0.237 e. The van der Waals surface area contributed by atoms with Gasteiger partial charge in [0.05, 0.1) is 18.3 Å². The Kier molecular flexibility index (Phi) is 4.49. The molecule has 1 rings (SSSR count). The summed E-state index contributed by atoms with van der Waals surface area (Å²) in [4.78, 5) is 11.7. The van der Waals surface area contributed by atoms with Crippen molar-refractivity contribution < 1.29 is 4.79 Å². The Morgan fingerprint density at radius 2 is 2.38 bits per heavy atom. The molecule has 3 N–H and O–H groups in total. The zero-order valence-electron chi connectivity index (χ0n) is 10.1. The third-order valence-corrected chi connectivity index (χ3v) is 2.77. The monoisotopic (exact) mass is 224 g/mol. The first kappa shape index (κ1) is 12.7. The minimum Gasteiger partial charge on any atom is -0.349 e. The van der Waals surface area contributed by atoms with Crippen molar-refractivity contribution in [3.63, 3.8) is 0 Å². The lowest BCUT2D eigenvalue weighted by molar-refractivity contribution is -0.123. The first-order valence-electron chi connectivity index (χ1n) is 5.56. The van der Waals surface area contributed by atoms with Crippen molar-refractivity contribution in [2.75, 3.05) is 0 Å². The van der Waals surface area contributed by atoms with Crippen LogP contribution in [0.25, 0.3) is 0 Å². The molecule has 0 bridgehead atoms. The van der Waals surface area contributed by atoms with Gasteiger partial charge in [0.25, 0.3) is 0 Å². The number of nitrogens with zero attached hydrogens (tertiary/aromatic N) is 2. The fraction of sp³-hybridized carbons (Fsp3) is 0.636. The van der Waals surface area contributed by atoms with Crippen LogP contribution < -0.4 is 11.1 Å². The summed E-state index contributed by atoms with van der Waals surface area (Å²) < 4.78 is 1.70. The number of hydrogen-bond acceptors (Lipinski definition) is 3. The van der Waals surface area contributed by atoms with Crippen LogP contribution >= 0.6 is 0 Å². The fourth-order valence-electron chi connectivity index (χ4n) is 1.37. The maximum absolute atomic E-state index is 11.7. The highest BCUT2D eigenvalue weighted by Crippen LogP contribution is 2.05. The highest BCUT2D eigenvalue weighted by Gasteiger charge is 2.18. The van der Waals surface area contributed by atoms with Gasteiger partial charge in [-0.15, -0.1) is 0 Å². The number of nitrogens with two attached hydrogens (primary N) is 1. The summed E-state index contributed by atoms with van der Waals surface area (Å²) in [7, 11) is 1.84. The molecule has 1 heterocycles. The molecule has 1 aromatic heterocycles. The SMILES string of the molecule is CCC(C)C(N)C(=O)NCc1ccn(C)n1. The lowest BCUT2D eigenvalue weighted by atomic mass is 9.99. The van der Waals surface area contributed by atoms with E-state index in [1.807, 2.05) is 33.2 Å². The van der Waals surface area contributed by atoms with Gasteiger partial charge in [0, 0.05) is 13.2 Å². The molecule has 0 aliphatic rings. The molecule has 5 heteroatoms. The number of hydrogen-bond donors (Lipinski definition) is 2. The van der Waals surface area contributed by atoms with Gasteiger partial charge in [-0.2, -0.15) is 5.10 Å². The van der Waals surface area contributed by atoms with E-state index in [1.54, 1.807) is 4.68 Å². The van der Waals surface area contributed by atoms with Crippen LogP contribution in [0.15, 0.2) is 12.3 Å². The zero-order chi connectivity index (χ0) is 12.1. The van der Waals surface area contributed by atoms with Crippen LogP contribution in [0.4, 0.5) is 0 Å². The lowest BCUT2D eigenvalue weighted by Gasteiger charge is -2.17. The fourth-order valence-corrected chi connectivity index (χ4v) is 1.37. The number of carbonyl (C=O) groups is 1. The van der Waals surface area contributed by atoms with Gasteiger partial charge in [0.1, 0.15) is 0 Å². The molecule has 1 aromatic rings. The minimum atomic E-state index is -0.436. The van der Waals surface area contributed by atoms with Gasteiger partial charge in [-0.3, -0.25) is 9.48 Å². The van der Waals surface area contributed by atoms with Crippen LogP contribution in [-0.4, -0.2) is 21.7 Å². The molecule has 0 aliphatic heterocycles. The Labute approximate surface area is 96.0 Å². The van der Waals surface area contributed by atoms with Crippen LogP contribution in [0.3, 0.4) is 0 Å². The third kappa shape index (κ3) is 3.34. The average molecular weight is 224 g/mol. The smallest absolute Gasteiger partial charge is 0.237 e.